The maximum Gasteiger partial charge on any atom is 0.293 e. The van der Waals surface area contributed by atoms with Crippen LogP contribution in [0, 0.1) is 13.8 Å². The minimum atomic E-state index is -0.113. The zero-order valence-electron chi connectivity index (χ0n) is 15.1. The lowest BCUT2D eigenvalue weighted by atomic mass is 10.2. The van der Waals surface area contributed by atoms with Crippen LogP contribution in [0.25, 0.3) is 0 Å². The summed E-state index contributed by atoms with van der Waals surface area (Å²) in [6.45, 7) is 6.68. The summed E-state index contributed by atoms with van der Waals surface area (Å²) in [7, 11) is 3.58. The van der Waals surface area contributed by atoms with Gasteiger partial charge in [0.1, 0.15) is 0 Å². The monoisotopic (exact) mass is 344 g/mol. The number of nitrogens with zero attached hydrogens (tertiary/aromatic N) is 6. The topological polar surface area (TPSA) is 76.4 Å². The predicted molar refractivity (Wildman–Crippen MR) is 96.2 cm³/mol. The third-order valence-electron chi connectivity index (χ3n) is 4.52. The van der Waals surface area contributed by atoms with Crippen LogP contribution in [0.2, 0.25) is 0 Å². The van der Waals surface area contributed by atoms with Gasteiger partial charge >= 0.3 is 0 Å². The van der Waals surface area contributed by atoms with Gasteiger partial charge in [-0.15, -0.1) is 5.10 Å². The number of anilines is 2. The Morgan fingerprint density at radius 3 is 2.92 bits per heavy atom. The van der Waals surface area contributed by atoms with Crippen LogP contribution in [0.3, 0.4) is 0 Å². The average Bonchev–Trinajstić information content (AvgIpc) is 2.60. The molecule has 2 aromatic rings. The van der Waals surface area contributed by atoms with Crippen LogP contribution in [-0.4, -0.2) is 59.1 Å². The number of aromatic nitrogens is 4. The predicted octanol–water partition coefficient (Wildman–Crippen LogP) is 0.529. The van der Waals surface area contributed by atoms with Crippen LogP contribution >= 0.6 is 0 Å². The lowest BCUT2D eigenvalue weighted by molar-refractivity contribution is 0.0454. The maximum atomic E-state index is 12.2. The minimum absolute atomic E-state index is 0.0335. The molecule has 0 N–H and O–H groups in total. The van der Waals surface area contributed by atoms with Gasteiger partial charge in [0.2, 0.25) is 0 Å². The van der Waals surface area contributed by atoms with Gasteiger partial charge in [-0.05, 0) is 25.5 Å². The van der Waals surface area contributed by atoms with Crippen molar-refractivity contribution in [3.63, 3.8) is 0 Å². The Bertz CT molecular complexity index is 806. The fraction of sp³-hybridized carbons (Fsp3) is 0.529. The highest BCUT2D eigenvalue weighted by Crippen LogP contribution is 2.17. The van der Waals surface area contributed by atoms with E-state index in [1.165, 1.54) is 4.57 Å². The van der Waals surface area contributed by atoms with Crippen molar-refractivity contribution in [2.24, 2.45) is 7.05 Å². The van der Waals surface area contributed by atoms with Crippen molar-refractivity contribution < 1.29 is 4.74 Å². The van der Waals surface area contributed by atoms with Crippen LogP contribution in [0.4, 0.5) is 11.6 Å². The third kappa shape index (κ3) is 3.79. The van der Waals surface area contributed by atoms with Crippen molar-refractivity contribution in [1.29, 1.82) is 0 Å². The average molecular weight is 344 g/mol. The second kappa shape index (κ2) is 7.18. The van der Waals surface area contributed by atoms with Gasteiger partial charge in [-0.1, -0.05) is 0 Å². The van der Waals surface area contributed by atoms with Crippen LogP contribution in [0.15, 0.2) is 23.3 Å². The van der Waals surface area contributed by atoms with Crippen molar-refractivity contribution in [3.8, 4) is 0 Å². The van der Waals surface area contributed by atoms with E-state index in [1.807, 2.05) is 25.8 Å². The van der Waals surface area contributed by atoms with E-state index in [0.717, 1.165) is 23.6 Å². The number of rotatable bonds is 4. The Labute approximate surface area is 147 Å². The number of hydrogen-bond acceptors (Lipinski definition) is 7. The summed E-state index contributed by atoms with van der Waals surface area (Å²) in [5, 5.41) is 8.51. The molecule has 25 heavy (non-hydrogen) atoms. The van der Waals surface area contributed by atoms with Gasteiger partial charge in [-0.25, -0.2) is 4.98 Å². The number of morpholine rings is 1. The van der Waals surface area contributed by atoms with E-state index in [4.69, 9.17) is 4.74 Å². The van der Waals surface area contributed by atoms with Gasteiger partial charge in [0.25, 0.3) is 5.56 Å². The lowest BCUT2D eigenvalue weighted by Crippen LogP contribution is -2.48. The van der Waals surface area contributed by atoms with Crippen LogP contribution in [0.5, 0.6) is 0 Å². The lowest BCUT2D eigenvalue weighted by Gasteiger charge is -2.35. The fourth-order valence-electron chi connectivity index (χ4n) is 2.86. The summed E-state index contributed by atoms with van der Waals surface area (Å²) in [5.41, 5.74) is 1.96. The van der Waals surface area contributed by atoms with Gasteiger partial charge in [0.15, 0.2) is 11.6 Å². The van der Waals surface area contributed by atoms with E-state index in [0.29, 0.717) is 25.5 Å². The standard InChI is InChI=1S/C17H24N6O2/c1-12-9-15(20-19-13(12)2)23-7-8-25-14(11-23)10-22(4)16-17(24)21(3)6-5-18-16/h5-6,9,14H,7-8,10-11H2,1-4H3/t14-/m1/s1. The molecule has 1 saturated heterocycles. The summed E-state index contributed by atoms with van der Waals surface area (Å²) >= 11 is 0. The molecule has 0 bridgehead atoms. The molecule has 1 atom stereocenters. The SMILES string of the molecule is Cc1cc(N2CCO[C@H](CN(C)c3nccn(C)c3=O)C2)nnc1C. The fourth-order valence-corrected chi connectivity index (χ4v) is 2.86. The van der Waals surface area contributed by atoms with Crippen molar-refractivity contribution in [3.05, 3.63) is 40.1 Å². The minimum Gasteiger partial charge on any atom is -0.373 e. The van der Waals surface area contributed by atoms with Crippen LogP contribution < -0.4 is 15.4 Å². The first-order valence-electron chi connectivity index (χ1n) is 8.36. The Balaban J connectivity index is 1.70. The molecule has 0 unspecified atom stereocenters. The molecule has 1 fully saturated rings. The molecule has 0 radical (unpaired) electrons. The molecule has 0 amide bonds. The summed E-state index contributed by atoms with van der Waals surface area (Å²) in [4.78, 5) is 20.4. The summed E-state index contributed by atoms with van der Waals surface area (Å²) in [6, 6.07) is 2.06. The van der Waals surface area contributed by atoms with E-state index in [9.17, 15) is 4.79 Å². The molecule has 134 valence electrons. The molecule has 0 aromatic carbocycles. The number of likely N-dealkylation sites (N-methyl/N-ethyl adjacent to an activating group) is 1. The number of ether oxygens (including phenoxy) is 1. The zero-order chi connectivity index (χ0) is 18.0. The highest BCUT2D eigenvalue weighted by Gasteiger charge is 2.24. The Hall–Kier alpha value is -2.48. The summed E-state index contributed by atoms with van der Waals surface area (Å²) in [6.07, 6.45) is 3.25. The molecule has 2 aromatic heterocycles. The summed E-state index contributed by atoms with van der Waals surface area (Å²) < 4.78 is 7.40. The van der Waals surface area contributed by atoms with Gasteiger partial charge in [0, 0.05) is 46.1 Å². The molecular formula is C17H24N6O2. The normalized spacial score (nSPS) is 17.6. The van der Waals surface area contributed by atoms with E-state index < -0.39 is 0 Å². The van der Waals surface area contributed by atoms with Crippen LogP contribution in [-0.2, 0) is 11.8 Å². The molecular weight excluding hydrogens is 320 g/mol. The van der Waals surface area contributed by atoms with Crippen molar-refractivity contribution >= 4 is 11.6 Å². The van der Waals surface area contributed by atoms with Gasteiger partial charge < -0.3 is 19.1 Å². The highest BCUT2D eigenvalue weighted by atomic mass is 16.5. The largest absolute Gasteiger partial charge is 0.373 e. The van der Waals surface area contributed by atoms with E-state index in [-0.39, 0.29) is 11.7 Å². The first-order chi connectivity index (χ1) is 12.0. The van der Waals surface area contributed by atoms with E-state index >= 15 is 0 Å². The molecule has 0 spiro atoms. The Morgan fingerprint density at radius 2 is 2.16 bits per heavy atom. The third-order valence-corrected chi connectivity index (χ3v) is 4.52. The second-order valence-electron chi connectivity index (χ2n) is 6.46. The molecule has 8 nitrogen and oxygen atoms in total. The van der Waals surface area contributed by atoms with Gasteiger partial charge in [-0.2, -0.15) is 5.10 Å². The van der Waals surface area contributed by atoms with Crippen LogP contribution in [0.1, 0.15) is 11.3 Å². The first kappa shape index (κ1) is 17.3. The van der Waals surface area contributed by atoms with E-state index in [2.05, 4.69) is 26.1 Å². The molecule has 0 saturated carbocycles. The Kier molecular flexibility index (Phi) is 4.98. The molecule has 8 heteroatoms. The van der Waals surface area contributed by atoms with E-state index in [1.54, 1.807) is 19.4 Å². The molecule has 0 aliphatic carbocycles. The highest BCUT2D eigenvalue weighted by molar-refractivity contribution is 5.42. The quantitative estimate of drug-likeness (QED) is 0.801. The molecule has 3 heterocycles. The van der Waals surface area contributed by atoms with Gasteiger partial charge in [-0.3, -0.25) is 4.79 Å². The number of hydrogen-bond donors (Lipinski definition) is 0. The van der Waals surface area contributed by atoms with Gasteiger partial charge in [0.05, 0.1) is 18.4 Å². The van der Waals surface area contributed by atoms with Crippen molar-refractivity contribution in [2.75, 3.05) is 43.1 Å². The molecule has 1 aliphatic heterocycles. The van der Waals surface area contributed by atoms with Crippen molar-refractivity contribution in [1.82, 2.24) is 19.7 Å². The molecule has 1 aliphatic rings. The molecule has 3 rings (SSSR count). The summed E-state index contributed by atoms with van der Waals surface area (Å²) in [5.74, 6) is 1.30. The smallest absolute Gasteiger partial charge is 0.293 e. The van der Waals surface area contributed by atoms with Crippen molar-refractivity contribution in [2.45, 2.75) is 20.0 Å². The maximum absolute atomic E-state index is 12.2. The number of aryl methyl sites for hydroxylation is 3. The Morgan fingerprint density at radius 1 is 1.36 bits per heavy atom. The zero-order valence-corrected chi connectivity index (χ0v) is 15.1. The first-order valence-corrected chi connectivity index (χ1v) is 8.36. The second-order valence-corrected chi connectivity index (χ2v) is 6.46.